The third-order valence-electron chi connectivity index (χ3n) is 1.90. The molecular formula is C10H10ClN5. The van der Waals surface area contributed by atoms with Crippen LogP contribution in [-0.4, -0.2) is 9.97 Å². The second-order valence-electron chi connectivity index (χ2n) is 3.18. The highest BCUT2D eigenvalue weighted by Gasteiger charge is 2.00. The summed E-state index contributed by atoms with van der Waals surface area (Å²) in [5.41, 5.74) is 12.6. The minimum atomic E-state index is 0.130. The Labute approximate surface area is 97.5 Å². The van der Waals surface area contributed by atoms with Crippen LogP contribution in [0.4, 0.5) is 23.1 Å². The van der Waals surface area contributed by atoms with Crippen LogP contribution in [0.2, 0.25) is 5.15 Å². The predicted molar refractivity (Wildman–Crippen MR) is 65.6 cm³/mol. The molecule has 0 atom stereocenters. The lowest BCUT2D eigenvalue weighted by Crippen LogP contribution is -2.00. The monoisotopic (exact) mass is 235 g/mol. The average Bonchev–Trinajstić information content (AvgIpc) is 2.20. The zero-order valence-corrected chi connectivity index (χ0v) is 9.07. The number of aromatic nitrogens is 2. The largest absolute Gasteiger partial charge is 0.399 e. The fraction of sp³-hybridized carbons (Fsp3) is 0. The first-order chi connectivity index (χ1) is 7.63. The molecule has 2 rings (SSSR count). The van der Waals surface area contributed by atoms with E-state index in [1.807, 2.05) is 12.1 Å². The van der Waals surface area contributed by atoms with Crippen LogP contribution < -0.4 is 16.8 Å². The van der Waals surface area contributed by atoms with E-state index in [0.29, 0.717) is 16.7 Å². The Bertz CT molecular complexity index is 477. The van der Waals surface area contributed by atoms with Crippen LogP contribution in [0.5, 0.6) is 0 Å². The molecule has 5 nitrogen and oxygen atoms in total. The second-order valence-corrected chi connectivity index (χ2v) is 3.57. The zero-order chi connectivity index (χ0) is 11.5. The molecule has 0 aliphatic rings. The Morgan fingerprint density at radius 1 is 1.06 bits per heavy atom. The molecule has 0 aliphatic heterocycles. The molecule has 2 aromatic rings. The van der Waals surface area contributed by atoms with E-state index in [9.17, 15) is 0 Å². The zero-order valence-electron chi connectivity index (χ0n) is 8.31. The molecule has 1 aromatic heterocycles. The molecule has 1 heterocycles. The van der Waals surface area contributed by atoms with Crippen LogP contribution >= 0.6 is 11.6 Å². The lowest BCUT2D eigenvalue weighted by atomic mass is 10.3. The third-order valence-corrected chi connectivity index (χ3v) is 2.09. The number of benzene rings is 1. The second kappa shape index (κ2) is 4.24. The topological polar surface area (TPSA) is 89.8 Å². The summed E-state index contributed by atoms with van der Waals surface area (Å²) in [6, 6.07) is 8.83. The van der Waals surface area contributed by atoms with E-state index in [1.165, 1.54) is 0 Å². The Morgan fingerprint density at radius 2 is 1.75 bits per heavy atom. The maximum absolute atomic E-state index is 5.75. The summed E-state index contributed by atoms with van der Waals surface area (Å²) in [6.07, 6.45) is 0. The molecule has 5 N–H and O–H groups in total. The van der Waals surface area contributed by atoms with Gasteiger partial charge in [0.05, 0.1) is 0 Å². The van der Waals surface area contributed by atoms with Crippen molar-refractivity contribution in [3.8, 4) is 0 Å². The van der Waals surface area contributed by atoms with Gasteiger partial charge in [0.25, 0.3) is 0 Å². The molecule has 0 bridgehead atoms. The highest BCUT2D eigenvalue weighted by atomic mass is 35.5. The molecule has 0 radical (unpaired) electrons. The van der Waals surface area contributed by atoms with Crippen molar-refractivity contribution < 1.29 is 0 Å². The van der Waals surface area contributed by atoms with Gasteiger partial charge in [-0.3, -0.25) is 0 Å². The van der Waals surface area contributed by atoms with Gasteiger partial charge < -0.3 is 16.8 Å². The molecule has 0 saturated heterocycles. The van der Waals surface area contributed by atoms with Gasteiger partial charge in [-0.05, 0) is 24.3 Å². The molecule has 0 saturated carbocycles. The Morgan fingerprint density at radius 3 is 2.38 bits per heavy atom. The van der Waals surface area contributed by atoms with E-state index in [4.69, 9.17) is 23.1 Å². The van der Waals surface area contributed by atoms with Crippen LogP contribution in [0, 0.1) is 0 Å². The Hall–Kier alpha value is -2.01. The normalized spacial score (nSPS) is 10.1. The molecule has 0 aliphatic carbocycles. The number of nitrogens with two attached hydrogens (primary N) is 2. The van der Waals surface area contributed by atoms with Gasteiger partial charge in [-0.25, -0.2) is 4.98 Å². The van der Waals surface area contributed by atoms with E-state index in [-0.39, 0.29) is 5.95 Å². The smallest absolute Gasteiger partial charge is 0.223 e. The molecule has 0 amide bonds. The summed E-state index contributed by atoms with van der Waals surface area (Å²) in [6.45, 7) is 0. The molecule has 6 heteroatoms. The first-order valence-corrected chi connectivity index (χ1v) is 4.94. The van der Waals surface area contributed by atoms with Gasteiger partial charge in [-0.2, -0.15) is 4.98 Å². The minimum absolute atomic E-state index is 0.130. The highest BCUT2D eigenvalue weighted by Crippen LogP contribution is 2.18. The van der Waals surface area contributed by atoms with Crippen molar-refractivity contribution in [2.24, 2.45) is 0 Å². The van der Waals surface area contributed by atoms with Crippen LogP contribution in [-0.2, 0) is 0 Å². The molecule has 0 fully saturated rings. The van der Waals surface area contributed by atoms with Crippen molar-refractivity contribution in [2.45, 2.75) is 0 Å². The molecule has 0 unspecified atom stereocenters. The number of nitrogens with one attached hydrogen (secondary N) is 1. The van der Waals surface area contributed by atoms with E-state index in [0.717, 1.165) is 5.69 Å². The molecule has 16 heavy (non-hydrogen) atoms. The number of rotatable bonds is 2. The number of halogens is 1. The van der Waals surface area contributed by atoms with E-state index in [1.54, 1.807) is 18.2 Å². The highest BCUT2D eigenvalue weighted by molar-refractivity contribution is 6.29. The SMILES string of the molecule is Nc1ccc(Nc2cc(Cl)nc(N)n2)cc1. The summed E-state index contributed by atoms with van der Waals surface area (Å²) in [7, 11) is 0. The summed E-state index contributed by atoms with van der Waals surface area (Å²) in [4.78, 5) is 7.75. The molecule has 1 aromatic carbocycles. The Balaban J connectivity index is 2.23. The number of hydrogen-bond donors (Lipinski definition) is 3. The van der Waals surface area contributed by atoms with Gasteiger partial charge in [-0.15, -0.1) is 0 Å². The average molecular weight is 236 g/mol. The van der Waals surface area contributed by atoms with Crippen molar-refractivity contribution in [2.75, 3.05) is 16.8 Å². The van der Waals surface area contributed by atoms with Crippen LogP contribution in [0.25, 0.3) is 0 Å². The fourth-order valence-corrected chi connectivity index (χ4v) is 1.40. The van der Waals surface area contributed by atoms with E-state index < -0.39 is 0 Å². The standard InChI is InChI=1S/C10H10ClN5/c11-8-5-9(16-10(13)15-8)14-7-3-1-6(12)2-4-7/h1-5H,12H2,(H3,13,14,15,16). The van der Waals surface area contributed by atoms with Gasteiger partial charge in [-0.1, -0.05) is 11.6 Å². The van der Waals surface area contributed by atoms with Gasteiger partial charge in [0, 0.05) is 17.4 Å². The molecule has 0 spiro atoms. The number of nitrogen functional groups attached to an aromatic ring is 2. The lowest BCUT2D eigenvalue weighted by Gasteiger charge is -2.06. The van der Waals surface area contributed by atoms with Gasteiger partial charge >= 0.3 is 0 Å². The van der Waals surface area contributed by atoms with Gasteiger partial charge in [0.2, 0.25) is 5.95 Å². The summed E-state index contributed by atoms with van der Waals surface area (Å²) in [5.74, 6) is 0.674. The first-order valence-electron chi connectivity index (χ1n) is 4.56. The number of anilines is 4. The Kier molecular flexibility index (Phi) is 2.78. The van der Waals surface area contributed by atoms with Crippen molar-refractivity contribution in [3.63, 3.8) is 0 Å². The van der Waals surface area contributed by atoms with Gasteiger partial charge in [0.1, 0.15) is 11.0 Å². The van der Waals surface area contributed by atoms with E-state index in [2.05, 4.69) is 15.3 Å². The fourth-order valence-electron chi connectivity index (χ4n) is 1.21. The number of nitrogens with zero attached hydrogens (tertiary/aromatic N) is 2. The van der Waals surface area contributed by atoms with Crippen LogP contribution in [0.1, 0.15) is 0 Å². The lowest BCUT2D eigenvalue weighted by molar-refractivity contribution is 1.18. The third kappa shape index (κ3) is 2.52. The van der Waals surface area contributed by atoms with Crippen LogP contribution in [0.15, 0.2) is 30.3 Å². The number of hydrogen-bond acceptors (Lipinski definition) is 5. The van der Waals surface area contributed by atoms with E-state index >= 15 is 0 Å². The van der Waals surface area contributed by atoms with Crippen LogP contribution in [0.3, 0.4) is 0 Å². The summed E-state index contributed by atoms with van der Waals surface area (Å²) >= 11 is 5.75. The maximum Gasteiger partial charge on any atom is 0.223 e. The minimum Gasteiger partial charge on any atom is -0.399 e. The molecule has 82 valence electrons. The van der Waals surface area contributed by atoms with Crippen molar-refractivity contribution in [3.05, 3.63) is 35.5 Å². The van der Waals surface area contributed by atoms with Gasteiger partial charge in [0.15, 0.2) is 0 Å². The van der Waals surface area contributed by atoms with Crippen molar-refractivity contribution in [1.82, 2.24) is 9.97 Å². The van der Waals surface area contributed by atoms with Crippen molar-refractivity contribution >= 4 is 34.7 Å². The summed E-state index contributed by atoms with van der Waals surface area (Å²) < 4.78 is 0. The first kappa shape index (κ1) is 10.5. The predicted octanol–water partition coefficient (Wildman–Crippen LogP) is 2.04. The maximum atomic E-state index is 5.75. The molecular weight excluding hydrogens is 226 g/mol. The summed E-state index contributed by atoms with van der Waals surface area (Å²) in [5, 5.41) is 3.34. The quantitative estimate of drug-likeness (QED) is 0.547. The van der Waals surface area contributed by atoms with Crippen molar-refractivity contribution in [1.29, 1.82) is 0 Å².